The van der Waals surface area contributed by atoms with Crippen LogP contribution >= 0.6 is 11.6 Å². The van der Waals surface area contributed by atoms with Gasteiger partial charge >= 0.3 is 5.97 Å². The van der Waals surface area contributed by atoms with E-state index in [1.165, 1.54) is 7.11 Å². The van der Waals surface area contributed by atoms with Crippen molar-refractivity contribution in [2.45, 2.75) is 25.7 Å². The monoisotopic (exact) mass is 204 g/mol. The van der Waals surface area contributed by atoms with Gasteiger partial charge in [-0.2, -0.15) is 0 Å². The van der Waals surface area contributed by atoms with Crippen molar-refractivity contribution < 1.29 is 14.3 Å². The average molecular weight is 205 g/mol. The molecule has 0 unspecified atom stereocenters. The molecule has 0 aliphatic heterocycles. The van der Waals surface area contributed by atoms with Crippen LogP contribution in [0.1, 0.15) is 25.7 Å². The van der Waals surface area contributed by atoms with Crippen LogP contribution in [0.15, 0.2) is 0 Å². The second-order valence-electron chi connectivity index (χ2n) is 3.32. The Morgan fingerprint density at radius 3 is 2.23 bits per heavy atom. The predicted octanol–water partition coefficient (Wildman–Crippen LogP) is 1.73. The van der Waals surface area contributed by atoms with Crippen LogP contribution in [0.25, 0.3) is 0 Å². The van der Waals surface area contributed by atoms with Gasteiger partial charge in [-0.15, -0.1) is 0 Å². The summed E-state index contributed by atoms with van der Waals surface area (Å²) in [6, 6.07) is 0. The number of esters is 1. The molecule has 13 heavy (non-hydrogen) atoms. The number of ether oxygens (including phenoxy) is 1. The molecule has 0 saturated heterocycles. The van der Waals surface area contributed by atoms with Crippen molar-refractivity contribution in [2.24, 2.45) is 11.8 Å². The van der Waals surface area contributed by atoms with E-state index < -0.39 is 5.24 Å². The summed E-state index contributed by atoms with van der Waals surface area (Å²) in [7, 11) is 1.34. The molecule has 0 N–H and O–H groups in total. The highest BCUT2D eigenvalue weighted by atomic mass is 35.5. The fourth-order valence-corrected chi connectivity index (χ4v) is 2.10. The van der Waals surface area contributed by atoms with Crippen LogP contribution in [0.4, 0.5) is 0 Å². The van der Waals surface area contributed by atoms with Crippen LogP contribution in [0.5, 0.6) is 0 Å². The summed E-state index contributed by atoms with van der Waals surface area (Å²) in [5.41, 5.74) is 0. The van der Waals surface area contributed by atoms with Crippen LogP contribution in [-0.2, 0) is 14.3 Å². The number of hydrogen-bond donors (Lipinski definition) is 0. The Labute approximate surface area is 82.4 Å². The second-order valence-corrected chi connectivity index (χ2v) is 3.70. The van der Waals surface area contributed by atoms with E-state index in [0.29, 0.717) is 6.42 Å². The molecule has 74 valence electrons. The van der Waals surface area contributed by atoms with E-state index in [-0.39, 0.29) is 17.8 Å². The van der Waals surface area contributed by atoms with Gasteiger partial charge in [-0.1, -0.05) is 12.8 Å². The third-order valence-corrected chi connectivity index (χ3v) is 2.84. The lowest BCUT2D eigenvalue weighted by Crippen LogP contribution is -2.31. The summed E-state index contributed by atoms with van der Waals surface area (Å²) >= 11 is 5.41. The summed E-state index contributed by atoms with van der Waals surface area (Å²) < 4.78 is 4.62. The van der Waals surface area contributed by atoms with E-state index in [0.717, 1.165) is 19.3 Å². The SMILES string of the molecule is COC(=O)[C@@H]1CCCC[C@H]1C(=O)Cl. The molecule has 4 heteroatoms. The van der Waals surface area contributed by atoms with Crippen LogP contribution in [0.3, 0.4) is 0 Å². The molecule has 3 nitrogen and oxygen atoms in total. The summed E-state index contributed by atoms with van der Waals surface area (Å²) in [6.07, 6.45) is 3.37. The minimum Gasteiger partial charge on any atom is -0.469 e. The van der Waals surface area contributed by atoms with Crippen LogP contribution in [-0.4, -0.2) is 18.3 Å². The van der Waals surface area contributed by atoms with Gasteiger partial charge in [0.1, 0.15) is 0 Å². The smallest absolute Gasteiger partial charge is 0.309 e. The van der Waals surface area contributed by atoms with E-state index in [1.807, 2.05) is 0 Å². The molecule has 0 aromatic carbocycles. The first-order chi connectivity index (χ1) is 6.16. The zero-order chi connectivity index (χ0) is 9.84. The first-order valence-corrected chi connectivity index (χ1v) is 4.81. The number of halogens is 1. The van der Waals surface area contributed by atoms with Gasteiger partial charge in [0.15, 0.2) is 0 Å². The Hall–Kier alpha value is -0.570. The topological polar surface area (TPSA) is 43.4 Å². The molecule has 2 atom stereocenters. The number of methoxy groups -OCH3 is 1. The third kappa shape index (κ3) is 2.44. The van der Waals surface area contributed by atoms with Crippen molar-refractivity contribution in [3.05, 3.63) is 0 Å². The lowest BCUT2D eigenvalue weighted by molar-refractivity contribution is -0.150. The molecule has 0 heterocycles. The maximum Gasteiger partial charge on any atom is 0.309 e. The van der Waals surface area contributed by atoms with E-state index >= 15 is 0 Å². The quantitative estimate of drug-likeness (QED) is 0.508. The molecule has 1 rings (SSSR count). The van der Waals surface area contributed by atoms with Crippen LogP contribution in [0.2, 0.25) is 0 Å². The molecule has 0 aromatic heterocycles. The summed E-state index contributed by atoms with van der Waals surface area (Å²) in [5, 5.41) is -0.407. The Morgan fingerprint density at radius 2 is 1.77 bits per heavy atom. The van der Waals surface area contributed by atoms with Crippen molar-refractivity contribution in [2.75, 3.05) is 7.11 Å². The summed E-state index contributed by atoms with van der Waals surface area (Å²) in [6.45, 7) is 0. The predicted molar refractivity (Wildman–Crippen MR) is 48.3 cm³/mol. The van der Waals surface area contributed by atoms with E-state index in [1.54, 1.807) is 0 Å². The Kier molecular flexibility index (Phi) is 3.72. The zero-order valence-corrected chi connectivity index (χ0v) is 8.34. The Balaban J connectivity index is 2.67. The van der Waals surface area contributed by atoms with Gasteiger partial charge in [0.25, 0.3) is 0 Å². The van der Waals surface area contributed by atoms with Gasteiger partial charge < -0.3 is 4.74 Å². The standard InChI is InChI=1S/C9H13ClO3/c1-13-9(12)7-5-3-2-4-6(7)8(10)11/h6-7H,2-5H2,1H3/t6-,7-/m1/s1. The molecule has 0 aromatic rings. The minimum absolute atomic E-state index is 0.307. The molecule has 1 aliphatic rings. The molecule has 1 saturated carbocycles. The van der Waals surface area contributed by atoms with Gasteiger partial charge in [0.2, 0.25) is 5.24 Å². The highest BCUT2D eigenvalue weighted by Crippen LogP contribution is 2.32. The largest absolute Gasteiger partial charge is 0.469 e. The van der Waals surface area contributed by atoms with Crippen molar-refractivity contribution in [1.82, 2.24) is 0 Å². The normalized spacial score (nSPS) is 28.2. The number of rotatable bonds is 2. The fourth-order valence-electron chi connectivity index (χ4n) is 1.84. The number of carbonyl (C=O) groups excluding carboxylic acids is 2. The van der Waals surface area contributed by atoms with Crippen molar-refractivity contribution in [3.63, 3.8) is 0 Å². The van der Waals surface area contributed by atoms with Crippen molar-refractivity contribution >= 4 is 22.8 Å². The molecular formula is C9H13ClO3. The van der Waals surface area contributed by atoms with E-state index in [2.05, 4.69) is 4.74 Å². The third-order valence-electron chi connectivity index (χ3n) is 2.56. The average Bonchev–Trinajstić information content (AvgIpc) is 2.16. The van der Waals surface area contributed by atoms with Crippen LogP contribution < -0.4 is 0 Å². The number of hydrogen-bond acceptors (Lipinski definition) is 3. The van der Waals surface area contributed by atoms with Crippen LogP contribution in [0, 0.1) is 11.8 Å². The zero-order valence-electron chi connectivity index (χ0n) is 7.59. The lowest BCUT2D eigenvalue weighted by atomic mass is 9.80. The molecule has 0 spiro atoms. The van der Waals surface area contributed by atoms with Gasteiger partial charge in [-0.25, -0.2) is 0 Å². The Morgan fingerprint density at radius 1 is 1.23 bits per heavy atom. The summed E-state index contributed by atoms with van der Waals surface area (Å²) in [5.74, 6) is -0.953. The molecule has 1 aliphatic carbocycles. The van der Waals surface area contributed by atoms with Crippen molar-refractivity contribution in [3.8, 4) is 0 Å². The van der Waals surface area contributed by atoms with Gasteiger partial charge in [0.05, 0.1) is 13.0 Å². The first kappa shape index (κ1) is 10.5. The molecule has 1 fully saturated rings. The molecular weight excluding hydrogens is 192 g/mol. The lowest BCUT2D eigenvalue weighted by Gasteiger charge is -2.26. The van der Waals surface area contributed by atoms with E-state index in [9.17, 15) is 9.59 Å². The Bertz CT molecular complexity index is 215. The number of carbonyl (C=O) groups is 2. The van der Waals surface area contributed by atoms with Crippen molar-refractivity contribution in [1.29, 1.82) is 0 Å². The molecule has 0 radical (unpaired) electrons. The maximum absolute atomic E-state index is 11.2. The molecule has 0 amide bonds. The fraction of sp³-hybridized carbons (Fsp3) is 0.778. The second kappa shape index (κ2) is 4.61. The van der Waals surface area contributed by atoms with Gasteiger partial charge in [-0.05, 0) is 24.4 Å². The first-order valence-electron chi connectivity index (χ1n) is 4.44. The highest BCUT2D eigenvalue weighted by Gasteiger charge is 2.35. The van der Waals surface area contributed by atoms with E-state index in [4.69, 9.17) is 11.6 Å². The maximum atomic E-state index is 11.2. The molecule has 0 bridgehead atoms. The van der Waals surface area contributed by atoms with Gasteiger partial charge in [0, 0.05) is 5.92 Å². The summed E-state index contributed by atoms with van der Waals surface area (Å²) in [4.78, 5) is 22.2. The highest BCUT2D eigenvalue weighted by molar-refractivity contribution is 6.64. The van der Waals surface area contributed by atoms with Gasteiger partial charge in [-0.3, -0.25) is 9.59 Å². The minimum atomic E-state index is -0.407.